The summed E-state index contributed by atoms with van der Waals surface area (Å²) in [6, 6.07) is 14.7. The average Bonchev–Trinajstić information content (AvgIpc) is 3.13. The van der Waals surface area contributed by atoms with E-state index in [-0.39, 0.29) is 0 Å². The second-order valence-corrected chi connectivity index (χ2v) is 9.80. The first-order valence-corrected chi connectivity index (χ1v) is 12.3. The molecule has 0 radical (unpaired) electrons. The smallest absolute Gasteiger partial charge is 0.191 e. The van der Waals surface area contributed by atoms with Crippen LogP contribution in [0.5, 0.6) is 5.75 Å². The molecular weight excluding hydrogens is 420 g/mol. The Morgan fingerprint density at radius 3 is 2.76 bits per heavy atom. The molecule has 3 heterocycles. The Kier molecular flexibility index (Phi) is 5.64. The summed E-state index contributed by atoms with van der Waals surface area (Å²) in [6.45, 7) is 0.503. The Morgan fingerprint density at radius 2 is 1.97 bits per heavy atom. The van der Waals surface area contributed by atoms with E-state index in [1.54, 1.807) is 34.4 Å². The van der Waals surface area contributed by atoms with Gasteiger partial charge in [0, 0.05) is 28.5 Å². The molecule has 8 heteroatoms. The number of thiophene rings is 1. The molecular formula is C21H20N4OS3. The van der Waals surface area contributed by atoms with E-state index in [0.29, 0.717) is 12.6 Å². The lowest BCUT2D eigenvalue weighted by molar-refractivity contribution is 0.305. The third-order valence-corrected chi connectivity index (χ3v) is 7.34. The van der Waals surface area contributed by atoms with Gasteiger partial charge in [-0.25, -0.2) is 4.98 Å². The maximum atomic E-state index is 5.80. The fourth-order valence-electron chi connectivity index (χ4n) is 3.08. The fourth-order valence-corrected chi connectivity index (χ4v) is 5.51. The highest BCUT2D eigenvalue weighted by Gasteiger charge is 2.29. The molecule has 0 amide bonds. The molecule has 4 aromatic rings. The standard InChI is InChI=1S/C21H20N4OS3/c1-2-5-17(6-3-1)26-12-20-22-15(13-28-20)14-29-21-24-23-19(25(21)16-8-9-16)11-18-7-4-10-27-18/h1-7,10,13,16H,8-9,11-12,14H2. The second-order valence-electron chi connectivity index (χ2n) is 6.88. The number of para-hydroxylation sites is 1. The molecule has 148 valence electrons. The van der Waals surface area contributed by atoms with Crippen LogP contribution in [0.3, 0.4) is 0 Å². The Morgan fingerprint density at radius 1 is 1.07 bits per heavy atom. The predicted octanol–water partition coefficient (Wildman–Crippen LogP) is 5.59. The maximum Gasteiger partial charge on any atom is 0.191 e. The molecule has 0 saturated heterocycles. The molecule has 0 aliphatic heterocycles. The number of rotatable bonds is 9. The van der Waals surface area contributed by atoms with Crippen LogP contribution in [0.25, 0.3) is 0 Å². The molecule has 1 aliphatic carbocycles. The van der Waals surface area contributed by atoms with Gasteiger partial charge in [-0.1, -0.05) is 36.0 Å². The highest BCUT2D eigenvalue weighted by atomic mass is 32.2. The second kappa shape index (κ2) is 8.69. The van der Waals surface area contributed by atoms with E-state index in [2.05, 4.69) is 37.7 Å². The van der Waals surface area contributed by atoms with E-state index in [4.69, 9.17) is 9.72 Å². The van der Waals surface area contributed by atoms with E-state index in [1.807, 2.05) is 30.3 Å². The minimum Gasteiger partial charge on any atom is -0.486 e. The van der Waals surface area contributed by atoms with Crippen molar-refractivity contribution in [3.05, 3.63) is 74.6 Å². The van der Waals surface area contributed by atoms with Crippen molar-refractivity contribution >= 4 is 34.4 Å². The number of thioether (sulfide) groups is 1. The normalized spacial score (nSPS) is 13.7. The van der Waals surface area contributed by atoms with Gasteiger partial charge in [0.25, 0.3) is 0 Å². The molecule has 1 saturated carbocycles. The maximum absolute atomic E-state index is 5.80. The minimum absolute atomic E-state index is 0.503. The lowest BCUT2D eigenvalue weighted by Gasteiger charge is -2.07. The zero-order valence-corrected chi connectivity index (χ0v) is 18.2. The van der Waals surface area contributed by atoms with E-state index >= 15 is 0 Å². The van der Waals surface area contributed by atoms with Crippen LogP contribution in [0, 0.1) is 0 Å². The molecule has 29 heavy (non-hydrogen) atoms. The van der Waals surface area contributed by atoms with E-state index < -0.39 is 0 Å². The van der Waals surface area contributed by atoms with Crippen molar-refractivity contribution in [3.63, 3.8) is 0 Å². The number of aromatic nitrogens is 4. The first-order valence-electron chi connectivity index (χ1n) is 9.55. The summed E-state index contributed by atoms with van der Waals surface area (Å²) < 4.78 is 8.14. The molecule has 0 bridgehead atoms. The molecule has 0 unspecified atom stereocenters. The van der Waals surface area contributed by atoms with Crippen LogP contribution in [0.4, 0.5) is 0 Å². The van der Waals surface area contributed by atoms with Crippen LogP contribution >= 0.6 is 34.4 Å². The highest BCUT2D eigenvalue weighted by Crippen LogP contribution is 2.39. The molecule has 5 rings (SSSR count). The molecule has 1 aromatic carbocycles. The molecule has 0 spiro atoms. The van der Waals surface area contributed by atoms with Crippen molar-refractivity contribution < 1.29 is 4.74 Å². The Bertz CT molecular complexity index is 1060. The average molecular weight is 441 g/mol. The van der Waals surface area contributed by atoms with Crippen LogP contribution in [-0.4, -0.2) is 19.7 Å². The molecule has 1 fully saturated rings. The van der Waals surface area contributed by atoms with Crippen molar-refractivity contribution in [2.75, 3.05) is 0 Å². The Balaban J connectivity index is 1.21. The SMILES string of the molecule is c1ccc(OCc2nc(CSc3nnc(Cc4cccs4)n3C3CC3)cs2)cc1. The third kappa shape index (κ3) is 4.71. The topological polar surface area (TPSA) is 52.8 Å². The number of hydrogen-bond acceptors (Lipinski definition) is 7. The molecule has 3 aromatic heterocycles. The summed E-state index contributed by atoms with van der Waals surface area (Å²) in [7, 11) is 0. The van der Waals surface area contributed by atoms with Gasteiger partial charge in [0.05, 0.1) is 5.69 Å². The molecule has 0 N–H and O–H groups in total. The van der Waals surface area contributed by atoms with Crippen molar-refractivity contribution in [3.8, 4) is 5.75 Å². The van der Waals surface area contributed by atoms with E-state index in [1.165, 1.54) is 17.7 Å². The number of benzene rings is 1. The summed E-state index contributed by atoms with van der Waals surface area (Å²) in [5.41, 5.74) is 1.07. The zero-order valence-electron chi connectivity index (χ0n) is 15.7. The van der Waals surface area contributed by atoms with Gasteiger partial charge in [-0.05, 0) is 36.4 Å². The first kappa shape index (κ1) is 18.8. The number of thiazole rings is 1. The number of nitrogens with zero attached hydrogens (tertiary/aromatic N) is 4. The van der Waals surface area contributed by atoms with E-state index in [9.17, 15) is 0 Å². The summed E-state index contributed by atoms with van der Waals surface area (Å²) in [5, 5.41) is 15.2. The lowest BCUT2D eigenvalue weighted by Crippen LogP contribution is -2.03. The van der Waals surface area contributed by atoms with Gasteiger partial charge in [-0.2, -0.15) is 0 Å². The van der Waals surface area contributed by atoms with Gasteiger partial charge in [-0.3, -0.25) is 0 Å². The summed E-state index contributed by atoms with van der Waals surface area (Å²) >= 11 is 5.15. The van der Waals surface area contributed by atoms with Gasteiger partial charge in [0.1, 0.15) is 23.2 Å². The lowest BCUT2D eigenvalue weighted by atomic mass is 10.3. The quantitative estimate of drug-likeness (QED) is 0.317. The van der Waals surface area contributed by atoms with Crippen LogP contribution in [0.1, 0.15) is 40.3 Å². The predicted molar refractivity (Wildman–Crippen MR) is 118 cm³/mol. The zero-order chi connectivity index (χ0) is 19.5. The summed E-state index contributed by atoms with van der Waals surface area (Å²) in [4.78, 5) is 6.05. The first-order chi connectivity index (χ1) is 14.3. The van der Waals surface area contributed by atoms with Crippen LogP contribution in [0.15, 0.2) is 58.4 Å². The van der Waals surface area contributed by atoms with Gasteiger partial charge in [-0.15, -0.1) is 32.9 Å². The van der Waals surface area contributed by atoms with Crippen molar-refractivity contribution in [1.29, 1.82) is 0 Å². The van der Waals surface area contributed by atoms with Gasteiger partial charge in [0.2, 0.25) is 0 Å². The largest absolute Gasteiger partial charge is 0.486 e. The minimum atomic E-state index is 0.503. The molecule has 1 aliphatic rings. The monoisotopic (exact) mass is 440 g/mol. The van der Waals surface area contributed by atoms with Gasteiger partial charge in [0.15, 0.2) is 5.16 Å². The van der Waals surface area contributed by atoms with Crippen LogP contribution in [-0.2, 0) is 18.8 Å². The van der Waals surface area contributed by atoms with Crippen LogP contribution < -0.4 is 4.74 Å². The van der Waals surface area contributed by atoms with E-state index in [0.717, 1.165) is 39.6 Å². The molecule has 0 atom stereocenters. The number of ether oxygens (including phenoxy) is 1. The summed E-state index contributed by atoms with van der Waals surface area (Å²) in [5.74, 6) is 2.74. The van der Waals surface area contributed by atoms with Crippen molar-refractivity contribution in [1.82, 2.24) is 19.7 Å². The van der Waals surface area contributed by atoms with Gasteiger partial charge < -0.3 is 9.30 Å². The molecule has 5 nitrogen and oxygen atoms in total. The van der Waals surface area contributed by atoms with Gasteiger partial charge >= 0.3 is 0 Å². The number of hydrogen-bond donors (Lipinski definition) is 0. The summed E-state index contributed by atoms with van der Waals surface area (Å²) in [6.07, 6.45) is 3.31. The Hall–Kier alpha value is -2.16. The fraction of sp³-hybridized carbons (Fsp3) is 0.286. The van der Waals surface area contributed by atoms with Crippen molar-refractivity contribution in [2.24, 2.45) is 0 Å². The Labute approximate surface area is 181 Å². The third-order valence-electron chi connectivity index (χ3n) is 4.61. The van der Waals surface area contributed by atoms with Crippen LogP contribution in [0.2, 0.25) is 0 Å². The highest BCUT2D eigenvalue weighted by molar-refractivity contribution is 7.98. The van der Waals surface area contributed by atoms with Crippen molar-refractivity contribution in [2.45, 2.75) is 42.8 Å².